The van der Waals surface area contributed by atoms with E-state index in [0.717, 1.165) is 31.6 Å². The van der Waals surface area contributed by atoms with Crippen LogP contribution in [0.25, 0.3) is 0 Å². The maximum absolute atomic E-state index is 11.9. The summed E-state index contributed by atoms with van der Waals surface area (Å²) in [7, 11) is 0. The van der Waals surface area contributed by atoms with Crippen LogP contribution in [0.5, 0.6) is 0 Å². The van der Waals surface area contributed by atoms with Crippen molar-refractivity contribution in [3.05, 3.63) is 29.6 Å². The molecule has 16 heavy (non-hydrogen) atoms. The van der Waals surface area contributed by atoms with Gasteiger partial charge in [-0.05, 0) is 45.0 Å². The Balaban J connectivity index is 1.97. The minimum atomic E-state index is 0.0115. The van der Waals surface area contributed by atoms with Crippen LogP contribution in [0.3, 0.4) is 0 Å². The van der Waals surface area contributed by atoms with Crippen LogP contribution in [0.2, 0.25) is 0 Å². The highest BCUT2D eigenvalue weighted by atomic mass is 16.1. The molecule has 0 aromatic carbocycles. The number of hydrogen-bond donors (Lipinski definition) is 2. The third-order valence-corrected chi connectivity index (χ3v) is 2.83. The molecule has 1 aliphatic rings. The molecule has 2 rings (SSSR count). The molecule has 0 radical (unpaired) electrons. The molecular weight excluding hydrogens is 202 g/mol. The lowest BCUT2D eigenvalue weighted by Crippen LogP contribution is -2.42. The molecule has 1 saturated heterocycles. The first-order valence-corrected chi connectivity index (χ1v) is 5.70. The minimum Gasteiger partial charge on any atom is -0.349 e. The monoisotopic (exact) mass is 219 g/mol. The van der Waals surface area contributed by atoms with Crippen LogP contribution in [-0.4, -0.2) is 30.0 Å². The van der Waals surface area contributed by atoms with Gasteiger partial charge in [0.15, 0.2) is 0 Å². The van der Waals surface area contributed by atoms with E-state index in [9.17, 15) is 4.79 Å². The van der Waals surface area contributed by atoms with Crippen molar-refractivity contribution in [2.24, 2.45) is 0 Å². The van der Waals surface area contributed by atoms with Gasteiger partial charge in [0.05, 0.1) is 0 Å². The molecule has 86 valence electrons. The Hall–Kier alpha value is -1.42. The van der Waals surface area contributed by atoms with Gasteiger partial charge >= 0.3 is 0 Å². The average Bonchev–Trinajstić information content (AvgIpc) is 2.30. The molecule has 0 bridgehead atoms. The maximum atomic E-state index is 11.9. The summed E-state index contributed by atoms with van der Waals surface area (Å²) >= 11 is 0. The number of aryl methyl sites for hydroxylation is 1. The Morgan fingerprint density at radius 2 is 2.25 bits per heavy atom. The third kappa shape index (κ3) is 2.79. The molecule has 1 aliphatic heterocycles. The molecule has 4 nitrogen and oxygen atoms in total. The second-order valence-electron chi connectivity index (χ2n) is 4.18. The van der Waals surface area contributed by atoms with E-state index in [1.54, 1.807) is 12.3 Å². The molecule has 0 aliphatic carbocycles. The predicted octanol–water partition coefficient (Wildman–Crippen LogP) is 0.872. The van der Waals surface area contributed by atoms with E-state index < -0.39 is 0 Å². The fourth-order valence-corrected chi connectivity index (χ4v) is 1.92. The first-order valence-electron chi connectivity index (χ1n) is 5.70. The topological polar surface area (TPSA) is 54.0 Å². The fraction of sp³-hybridized carbons (Fsp3) is 0.500. The molecular formula is C12H17N3O. The van der Waals surface area contributed by atoms with Crippen LogP contribution in [0.1, 0.15) is 28.9 Å². The number of aromatic nitrogens is 1. The van der Waals surface area contributed by atoms with Gasteiger partial charge in [-0.1, -0.05) is 0 Å². The molecule has 2 heterocycles. The Kier molecular flexibility index (Phi) is 3.51. The van der Waals surface area contributed by atoms with E-state index in [2.05, 4.69) is 15.6 Å². The first-order chi connectivity index (χ1) is 7.75. The van der Waals surface area contributed by atoms with Crippen molar-refractivity contribution in [2.45, 2.75) is 25.8 Å². The van der Waals surface area contributed by atoms with Crippen molar-refractivity contribution in [2.75, 3.05) is 13.1 Å². The molecule has 4 heteroatoms. The largest absolute Gasteiger partial charge is 0.349 e. The zero-order valence-electron chi connectivity index (χ0n) is 9.49. The molecule has 1 fully saturated rings. The number of rotatable bonds is 2. The lowest BCUT2D eigenvalue weighted by molar-refractivity contribution is 0.0929. The summed E-state index contributed by atoms with van der Waals surface area (Å²) in [5, 5.41) is 6.33. The second-order valence-corrected chi connectivity index (χ2v) is 4.18. The van der Waals surface area contributed by atoms with Crippen molar-refractivity contribution in [1.29, 1.82) is 0 Å². The highest BCUT2D eigenvalue weighted by Crippen LogP contribution is 2.05. The van der Waals surface area contributed by atoms with Crippen LogP contribution in [-0.2, 0) is 0 Å². The summed E-state index contributed by atoms with van der Waals surface area (Å²) in [5.41, 5.74) is 1.57. The van der Waals surface area contributed by atoms with Crippen LogP contribution in [0.15, 0.2) is 18.3 Å². The van der Waals surface area contributed by atoms with Crippen molar-refractivity contribution in [3.8, 4) is 0 Å². The van der Waals surface area contributed by atoms with Gasteiger partial charge in [0.2, 0.25) is 0 Å². The standard InChI is InChI=1S/C12H17N3O/c1-9-8-10(2-7-14-9)12(16)15-11-3-5-13-6-4-11/h2,7-8,11,13H,3-6H2,1H3,(H,15,16). The van der Waals surface area contributed by atoms with E-state index in [1.807, 2.05) is 13.0 Å². The van der Waals surface area contributed by atoms with Crippen molar-refractivity contribution in [1.82, 2.24) is 15.6 Å². The number of nitrogens with zero attached hydrogens (tertiary/aromatic N) is 1. The molecule has 0 saturated carbocycles. The van der Waals surface area contributed by atoms with E-state index in [4.69, 9.17) is 0 Å². The summed E-state index contributed by atoms with van der Waals surface area (Å²) in [6.45, 7) is 3.86. The number of amides is 1. The van der Waals surface area contributed by atoms with Gasteiger partial charge in [0, 0.05) is 23.5 Å². The summed E-state index contributed by atoms with van der Waals surface area (Å²) in [6.07, 6.45) is 3.69. The van der Waals surface area contributed by atoms with E-state index in [0.29, 0.717) is 11.6 Å². The van der Waals surface area contributed by atoms with Crippen LogP contribution < -0.4 is 10.6 Å². The van der Waals surface area contributed by atoms with Crippen LogP contribution >= 0.6 is 0 Å². The van der Waals surface area contributed by atoms with Gasteiger partial charge < -0.3 is 10.6 Å². The molecule has 1 aromatic heterocycles. The summed E-state index contributed by atoms with van der Waals surface area (Å²) in [6, 6.07) is 3.88. The SMILES string of the molecule is Cc1cc(C(=O)NC2CCNCC2)ccn1. The summed E-state index contributed by atoms with van der Waals surface area (Å²) < 4.78 is 0. The van der Waals surface area contributed by atoms with Gasteiger partial charge in [-0.15, -0.1) is 0 Å². The Labute approximate surface area is 95.5 Å². The number of pyridine rings is 1. The number of carbonyl (C=O) groups is 1. The van der Waals surface area contributed by atoms with Gasteiger partial charge in [-0.3, -0.25) is 9.78 Å². The van der Waals surface area contributed by atoms with Gasteiger partial charge in [0.25, 0.3) is 5.91 Å². The quantitative estimate of drug-likeness (QED) is 0.776. The molecule has 2 N–H and O–H groups in total. The summed E-state index contributed by atoms with van der Waals surface area (Å²) in [4.78, 5) is 16.0. The molecule has 1 aromatic rings. The normalized spacial score (nSPS) is 17.1. The smallest absolute Gasteiger partial charge is 0.251 e. The van der Waals surface area contributed by atoms with E-state index >= 15 is 0 Å². The molecule has 0 unspecified atom stereocenters. The van der Waals surface area contributed by atoms with Gasteiger partial charge in [-0.25, -0.2) is 0 Å². The number of hydrogen-bond acceptors (Lipinski definition) is 3. The number of piperidine rings is 1. The van der Waals surface area contributed by atoms with Gasteiger partial charge in [-0.2, -0.15) is 0 Å². The van der Waals surface area contributed by atoms with Crippen molar-refractivity contribution in [3.63, 3.8) is 0 Å². The van der Waals surface area contributed by atoms with Gasteiger partial charge in [0.1, 0.15) is 0 Å². The second kappa shape index (κ2) is 5.07. The molecule has 1 amide bonds. The maximum Gasteiger partial charge on any atom is 0.251 e. The van der Waals surface area contributed by atoms with E-state index in [-0.39, 0.29) is 5.91 Å². The average molecular weight is 219 g/mol. The number of carbonyl (C=O) groups excluding carboxylic acids is 1. The highest BCUT2D eigenvalue weighted by Gasteiger charge is 2.16. The van der Waals surface area contributed by atoms with Crippen molar-refractivity contribution < 1.29 is 4.79 Å². The Morgan fingerprint density at radius 1 is 1.50 bits per heavy atom. The lowest BCUT2D eigenvalue weighted by atomic mass is 10.1. The highest BCUT2D eigenvalue weighted by molar-refractivity contribution is 5.94. The molecule has 0 spiro atoms. The summed E-state index contributed by atoms with van der Waals surface area (Å²) in [5.74, 6) is 0.0115. The lowest BCUT2D eigenvalue weighted by Gasteiger charge is -2.23. The fourth-order valence-electron chi connectivity index (χ4n) is 1.92. The zero-order chi connectivity index (χ0) is 11.4. The molecule has 0 atom stereocenters. The first kappa shape index (κ1) is 11.1. The zero-order valence-corrected chi connectivity index (χ0v) is 9.49. The predicted molar refractivity (Wildman–Crippen MR) is 62.3 cm³/mol. The van der Waals surface area contributed by atoms with E-state index in [1.165, 1.54) is 0 Å². The van der Waals surface area contributed by atoms with Crippen molar-refractivity contribution >= 4 is 5.91 Å². The van der Waals surface area contributed by atoms with Crippen LogP contribution in [0.4, 0.5) is 0 Å². The Bertz CT molecular complexity index is 372. The Morgan fingerprint density at radius 3 is 2.94 bits per heavy atom. The minimum absolute atomic E-state index is 0.0115. The van der Waals surface area contributed by atoms with Crippen LogP contribution in [0, 0.1) is 6.92 Å². The third-order valence-electron chi connectivity index (χ3n) is 2.83. The number of nitrogens with one attached hydrogen (secondary N) is 2.